The largest absolute Gasteiger partial charge is 0.475 e. The normalized spacial score (nSPS) is 32.8. The monoisotopic (exact) mass is 505 g/mol. The van der Waals surface area contributed by atoms with Gasteiger partial charge in [0.25, 0.3) is 0 Å². The Hall–Kier alpha value is -1.27. The molecular weight excluding hydrogens is 481 g/mol. The van der Waals surface area contributed by atoms with Gasteiger partial charge >= 0.3 is 7.82 Å². The third-order valence-corrected chi connectivity index (χ3v) is 8.23. The fourth-order valence-corrected chi connectivity index (χ4v) is 6.24. The Labute approximate surface area is 194 Å². The molecule has 2 aromatic rings. The number of carbonyl (C=O) groups is 1. The van der Waals surface area contributed by atoms with Crippen LogP contribution in [-0.2, 0) is 27.7 Å². The van der Waals surface area contributed by atoms with Crippen LogP contribution in [0, 0.1) is 5.41 Å². The molecule has 2 aromatic heterocycles. The fourth-order valence-electron chi connectivity index (χ4n) is 3.45. The Bertz CT molecular complexity index is 1080. The number of imidazole rings is 1. The average Bonchev–Trinajstić information content (AvgIpc) is 3.24. The Balaban J connectivity index is 1.45. The Kier molecular flexibility index (Phi) is 6.34. The van der Waals surface area contributed by atoms with Gasteiger partial charge in [-0.05, 0) is 6.92 Å². The number of aromatic nitrogens is 4. The van der Waals surface area contributed by atoms with E-state index in [9.17, 15) is 9.36 Å². The van der Waals surface area contributed by atoms with E-state index in [0.29, 0.717) is 16.9 Å². The maximum atomic E-state index is 13.0. The van der Waals surface area contributed by atoms with Crippen molar-refractivity contribution in [3.05, 3.63) is 12.7 Å². The molecule has 0 radical (unpaired) electrons. The second-order valence-corrected chi connectivity index (χ2v) is 12.3. The molecular formula is C18H25ClN5O6PS. The van der Waals surface area contributed by atoms with Gasteiger partial charge in [0.05, 0.1) is 19.5 Å². The molecule has 0 bridgehead atoms. The van der Waals surface area contributed by atoms with Crippen LogP contribution < -0.4 is 5.73 Å². The van der Waals surface area contributed by atoms with Gasteiger partial charge in [-0.1, -0.05) is 32.5 Å². The van der Waals surface area contributed by atoms with Gasteiger partial charge in [0.1, 0.15) is 28.9 Å². The van der Waals surface area contributed by atoms with Gasteiger partial charge in [0.15, 0.2) is 22.8 Å². The van der Waals surface area contributed by atoms with Crippen molar-refractivity contribution in [1.29, 1.82) is 0 Å². The highest BCUT2D eigenvalue weighted by atomic mass is 35.5. The Morgan fingerprint density at radius 3 is 2.91 bits per heavy atom. The minimum Gasteiger partial charge on any atom is -0.382 e. The SMILES string of the molecule is CC(C)(C)C(=O)SCCOP1(=O)OCC2OC(n3cnc4c(N)ncnc43)C(C)(Cl)C2O1. The average molecular weight is 506 g/mol. The van der Waals surface area contributed by atoms with Crippen molar-refractivity contribution in [2.75, 3.05) is 24.7 Å². The summed E-state index contributed by atoms with van der Waals surface area (Å²) in [6, 6.07) is 0. The number of alkyl halides is 1. The molecule has 0 spiro atoms. The molecule has 2 N–H and O–H groups in total. The summed E-state index contributed by atoms with van der Waals surface area (Å²) in [7, 11) is -3.88. The molecule has 11 nitrogen and oxygen atoms in total. The van der Waals surface area contributed by atoms with Gasteiger partial charge in [-0.25, -0.2) is 19.5 Å². The number of fused-ring (bicyclic) bond motifs is 2. The van der Waals surface area contributed by atoms with E-state index in [4.69, 9.17) is 35.6 Å². The third-order valence-electron chi connectivity index (χ3n) is 5.14. The summed E-state index contributed by atoms with van der Waals surface area (Å²) in [4.78, 5) is 23.3. The topological polar surface area (TPSA) is 141 Å². The summed E-state index contributed by atoms with van der Waals surface area (Å²) in [6.07, 6.45) is 0.733. The molecule has 32 heavy (non-hydrogen) atoms. The van der Waals surface area contributed by atoms with Crippen molar-refractivity contribution in [2.45, 2.75) is 51.0 Å². The molecule has 14 heteroatoms. The lowest BCUT2D eigenvalue weighted by atomic mass is 10.00. The maximum Gasteiger partial charge on any atom is 0.475 e. The summed E-state index contributed by atoms with van der Waals surface area (Å²) in [5, 5.41) is 0.0160. The standard InChI is InChI=1S/C18H25ClN5O6PS/c1-17(2,3)16(25)32-6-5-27-31(26)28-7-10-12(30-31)18(4,19)15(29-10)24-9-23-11-13(20)21-8-22-14(11)24/h8-10,12,15H,5-7H2,1-4H3,(H2,20,21,22). The molecule has 2 aliphatic heterocycles. The van der Waals surface area contributed by atoms with E-state index in [1.165, 1.54) is 12.7 Å². The van der Waals surface area contributed by atoms with Crippen LogP contribution in [0.4, 0.5) is 5.82 Å². The number of thioether (sulfide) groups is 1. The second kappa shape index (κ2) is 8.50. The molecule has 2 aliphatic rings. The number of carbonyl (C=O) groups excluding carboxylic acids is 1. The van der Waals surface area contributed by atoms with E-state index < -0.39 is 36.5 Å². The van der Waals surface area contributed by atoms with Crippen LogP contribution in [0.1, 0.15) is 33.9 Å². The fraction of sp³-hybridized carbons (Fsp3) is 0.667. The number of hydrogen-bond acceptors (Lipinski definition) is 11. The zero-order valence-corrected chi connectivity index (χ0v) is 20.5. The first-order valence-corrected chi connectivity index (χ1v) is 12.8. The molecule has 4 rings (SSSR count). The van der Waals surface area contributed by atoms with Crippen molar-refractivity contribution in [3.8, 4) is 0 Å². The van der Waals surface area contributed by atoms with Gasteiger partial charge in [-0.2, -0.15) is 0 Å². The molecule has 176 valence electrons. The lowest BCUT2D eigenvalue weighted by molar-refractivity contribution is -0.117. The molecule has 2 saturated heterocycles. The molecule has 2 fully saturated rings. The number of nitrogen functional groups attached to an aromatic ring is 1. The molecule has 0 aliphatic carbocycles. The number of hydrogen-bond donors (Lipinski definition) is 1. The number of halogens is 1. The van der Waals surface area contributed by atoms with Gasteiger partial charge in [0.2, 0.25) is 0 Å². The van der Waals surface area contributed by atoms with Crippen molar-refractivity contribution in [3.63, 3.8) is 0 Å². The van der Waals surface area contributed by atoms with Crippen LogP contribution in [-0.4, -0.2) is 60.7 Å². The van der Waals surface area contributed by atoms with Crippen LogP contribution in [0.15, 0.2) is 12.7 Å². The predicted molar refractivity (Wildman–Crippen MR) is 119 cm³/mol. The number of nitrogens with zero attached hydrogens (tertiary/aromatic N) is 4. The zero-order valence-electron chi connectivity index (χ0n) is 18.1. The summed E-state index contributed by atoms with van der Waals surface area (Å²) < 4.78 is 37.3. The number of ether oxygens (including phenoxy) is 1. The quantitative estimate of drug-likeness (QED) is 0.364. The van der Waals surface area contributed by atoms with E-state index in [1.54, 1.807) is 11.5 Å². The zero-order chi connectivity index (χ0) is 23.3. The lowest BCUT2D eigenvalue weighted by Gasteiger charge is -2.34. The van der Waals surface area contributed by atoms with Crippen LogP contribution in [0.25, 0.3) is 11.2 Å². The minimum atomic E-state index is -3.88. The molecule has 0 saturated carbocycles. The molecule has 0 amide bonds. The van der Waals surface area contributed by atoms with E-state index in [2.05, 4.69) is 15.0 Å². The van der Waals surface area contributed by atoms with Crippen LogP contribution in [0.2, 0.25) is 0 Å². The van der Waals surface area contributed by atoms with Gasteiger partial charge in [-0.15, -0.1) is 11.6 Å². The highest BCUT2D eigenvalue weighted by Crippen LogP contribution is 2.60. The lowest BCUT2D eigenvalue weighted by Crippen LogP contribution is -2.44. The van der Waals surface area contributed by atoms with Crippen molar-refractivity contribution >= 4 is 53.3 Å². The Morgan fingerprint density at radius 1 is 1.44 bits per heavy atom. The first kappa shape index (κ1) is 23.9. The van der Waals surface area contributed by atoms with Crippen molar-refractivity contribution in [2.24, 2.45) is 5.41 Å². The third kappa shape index (κ3) is 4.42. The minimum absolute atomic E-state index is 0.0160. The smallest absolute Gasteiger partial charge is 0.382 e. The van der Waals surface area contributed by atoms with Crippen LogP contribution >= 0.6 is 31.2 Å². The Morgan fingerprint density at radius 2 is 2.19 bits per heavy atom. The van der Waals surface area contributed by atoms with Crippen molar-refractivity contribution < 1.29 is 27.7 Å². The molecule has 4 heterocycles. The van der Waals surface area contributed by atoms with E-state index in [1.807, 2.05) is 20.8 Å². The van der Waals surface area contributed by atoms with E-state index in [-0.39, 0.29) is 24.1 Å². The number of nitrogens with two attached hydrogens (primary N) is 1. The molecule has 5 atom stereocenters. The van der Waals surface area contributed by atoms with Crippen LogP contribution in [0.5, 0.6) is 0 Å². The number of phosphoric ester groups is 1. The molecule has 0 aromatic carbocycles. The summed E-state index contributed by atoms with van der Waals surface area (Å²) in [6.45, 7) is 7.21. The first-order chi connectivity index (χ1) is 14.9. The van der Waals surface area contributed by atoms with Gasteiger partial charge < -0.3 is 10.5 Å². The highest BCUT2D eigenvalue weighted by Gasteiger charge is 2.60. The summed E-state index contributed by atoms with van der Waals surface area (Å²) >= 11 is 7.98. The summed E-state index contributed by atoms with van der Waals surface area (Å²) in [5.74, 6) is 0.557. The molecule has 5 unspecified atom stereocenters. The first-order valence-electron chi connectivity index (χ1n) is 9.94. The van der Waals surface area contributed by atoms with Gasteiger partial charge in [-0.3, -0.25) is 22.9 Å². The summed E-state index contributed by atoms with van der Waals surface area (Å²) in [5.41, 5.74) is 6.27. The van der Waals surface area contributed by atoms with Crippen LogP contribution in [0.3, 0.4) is 0 Å². The predicted octanol–water partition coefficient (Wildman–Crippen LogP) is 3.15. The number of phosphoric acid groups is 1. The second-order valence-electron chi connectivity index (χ2n) is 8.75. The van der Waals surface area contributed by atoms with Crippen molar-refractivity contribution in [1.82, 2.24) is 19.5 Å². The number of anilines is 1. The van der Waals surface area contributed by atoms with E-state index >= 15 is 0 Å². The maximum absolute atomic E-state index is 13.0. The van der Waals surface area contributed by atoms with Gasteiger partial charge in [0, 0.05) is 11.2 Å². The number of rotatable bonds is 5. The highest BCUT2D eigenvalue weighted by molar-refractivity contribution is 8.13. The van der Waals surface area contributed by atoms with E-state index in [0.717, 1.165) is 11.8 Å².